The molecular weight excluding hydrogens is 356 g/mol. The molecule has 0 atom stereocenters. The van der Waals surface area contributed by atoms with E-state index in [9.17, 15) is 14.9 Å². The number of amides is 2. The van der Waals surface area contributed by atoms with E-state index in [0.29, 0.717) is 38.2 Å². The predicted molar refractivity (Wildman–Crippen MR) is 105 cm³/mol. The minimum Gasteiger partial charge on any atom is -0.365 e. The van der Waals surface area contributed by atoms with Gasteiger partial charge in [-0.3, -0.25) is 14.3 Å². The second-order valence-electron chi connectivity index (χ2n) is 6.98. The fraction of sp³-hybridized carbons (Fsp3) is 0.400. The molecule has 0 saturated carbocycles. The first kappa shape index (κ1) is 19.4. The van der Waals surface area contributed by atoms with Gasteiger partial charge in [-0.25, -0.2) is 0 Å². The fourth-order valence-electron chi connectivity index (χ4n) is 3.58. The number of aromatic nitrogens is 2. The van der Waals surface area contributed by atoms with Crippen molar-refractivity contribution in [1.29, 1.82) is 5.26 Å². The van der Waals surface area contributed by atoms with Crippen LogP contribution in [0.5, 0.6) is 0 Å². The van der Waals surface area contributed by atoms with E-state index in [1.165, 1.54) is 0 Å². The highest BCUT2D eigenvalue weighted by atomic mass is 16.2. The Morgan fingerprint density at radius 1 is 1.29 bits per heavy atom. The summed E-state index contributed by atoms with van der Waals surface area (Å²) in [7, 11) is 0. The van der Waals surface area contributed by atoms with E-state index in [1.54, 1.807) is 10.9 Å². The molecule has 28 heavy (non-hydrogen) atoms. The van der Waals surface area contributed by atoms with Crippen molar-refractivity contribution in [3.05, 3.63) is 42.1 Å². The van der Waals surface area contributed by atoms with Gasteiger partial charge in [0.15, 0.2) is 5.82 Å². The highest BCUT2D eigenvalue weighted by molar-refractivity contribution is 5.98. The minimum absolute atomic E-state index is 0.107. The highest BCUT2D eigenvalue weighted by Crippen LogP contribution is 2.35. The third-order valence-corrected chi connectivity index (χ3v) is 5.26. The van der Waals surface area contributed by atoms with Crippen LogP contribution in [0.15, 0.2) is 36.5 Å². The Balaban J connectivity index is 1.92. The fourth-order valence-corrected chi connectivity index (χ4v) is 3.58. The molecule has 3 N–H and O–H groups in total. The maximum absolute atomic E-state index is 12.0. The van der Waals surface area contributed by atoms with Crippen molar-refractivity contribution >= 4 is 23.3 Å². The topological polar surface area (TPSA) is 117 Å². The van der Waals surface area contributed by atoms with Gasteiger partial charge < -0.3 is 16.0 Å². The van der Waals surface area contributed by atoms with Crippen LogP contribution in [0.4, 0.5) is 11.5 Å². The number of para-hydroxylation sites is 1. The number of carbonyl (C=O) groups excluding carboxylic acids is 2. The number of anilines is 2. The molecule has 8 nitrogen and oxygen atoms in total. The van der Waals surface area contributed by atoms with Crippen molar-refractivity contribution in [3.63, 3.8) is 0 Å². The smallest absolute Gasteiger partial charge is 0.254 e. The van der Waals surface area contributed by atoms with Crippen molar-refractivity contribution in [3.8, 4) is 6.07 Å². The summed E-state index contributed by atoms with van der Waals surface area (Å²) in [4.78, 5) is 25.8. The first-order valence-electron chi connectivity index (χ1n) is 9.36. The molecule has 2 heterocycles. The number of piperidine rings is 1. The van der Waals surface area contributed by atoms with E-state index in [2.05, 4.69) is 16.5 Å². The average molecular weight is 380 g/mol. The summed E-state index contributed by atoms with van der Waals surface area (Å²) in [5.74, 6) is -0.117. The lowest BCUT2D eigenvalue weighted by Gasteiger charge is -2.40. The predicted octanol–water partition coefficient (Wildman–Crippen LogP) is 2.37. The third kappa shape index (κ3) is 3.83. The van der Waals surface area contributed by atoms with E-state index >= 15 is 0 Å². The SMILES string of the molecule is CCC(=O)N1CCC(CC#N)(n2cc(C(N)=O)c(Nc3ccccc3)n2)CC1. The largest absolute Gasteiger partial charge is 0.365 e. The molecule has 1 fully saturated rings. The lowest BCUT2D eigenvalue weighted by Crippen LogP contribution is -2.48. The van der Waals surface area contributed by atoms with Crippen LogP contribution in [0, 0.1) is 11.3 Å². The molecule has 2 aromatic rings. The van der Waals surface area contributed by atoms with Crippen LogP contribution in [0.2, 0.25) is 0 Å². The number of nitrogens with one attached hydrogen (secondary N) is 1. The van der Waals surface area contributed by atoms with Crippen LogP contribution >= 0.6 is 0 Å². The summed E-state index contributed by atoms with van der Waals surface area (Å²) in [6.07, 6.45) is 3.51. The normalized spacial score (nSPS) is 15.6. The Kier molecular flexibility index (Phi) is 5.64. The second-order valence-corrected chi connectivity index (χ2v) is 6.98. The highest BCUT2D eigenvalue weighted by Gasteiger charge is 2.39. The number of hydrogen-bond donors (Lipinski definition) is 2. The summed E-state index contributed by atoms with van der Waals surface area (Å²) in [6, 6.07) is 11.6. The maximum atomic E-state index is 12.0. The average Bonchev–Trinajstić information content (AvgIpc) is 3.13. The molecule has 1 saturated heterocycles. The van der Waals surface area contributed by atoms with E-state index in [1.807, 2.05) is 42.2 Å². The Hall–Kier alpha value is -3.34. The lowest BCUT2D eigenvalue weighted by molar-refractivity contribution is -0.133. The molecule has 1 aromatic heterocycles. The molecule has 8 heteroatoms. The summed E-state index contributed by atoms with van der Waals surface area (Å²) in [6.45, 7) is 2.96. The van der Waals surface area contributed by atoms with Crippen LogP contribution in [-0.4, -0.2) is 39.6 Å². The molecule has 0 aliphatic carbocycles. The van der Waals surface area contributed by atoms with Gasteiger partial charge in [0.2, 0.25) is 5.91 Å². The summed E-state index contributed by atoms with van der Waals surface area (Å²) in [5, 5.41) is 17.1. The Morgan fingerprint density at radius 3 is 2.54 bits per heavy atom. The van der Waals surface area contributed by atoms with Crippen LogP contribution in [0.3, 0.4) is 0 Å². The molecule has 0 radical (unpaired) electrons. The van der Waals surface area contributed by atoms with Gasteiger partial charge in [-0.15, -0.1) is 0 Å². The van der Waals surface area contributed by atoms with Crippen molar-refractivity contribution in [2.75, 3.05) is 18.4 Å². The van der Waals surface area contributed by atoms with Crippen LogP contribution in [0.1, 0.15) is 43.0 Å². The Bertz CT molecular complexity index is 891. The van der Waals surface area contributed by atoms with Gasteiger partial charge >= 0.3 is 0 Å². The monoisotopic (exact) mass is 380 g/mol. The van der Waals surface area contributed by atoms with Crippen molar-refractivity contribution < 1.29 is 9.59 Å². The number of hydrogen-bond acceptors (Lipinski definition) is 5. The second kappa shape index (κ2) is 8.13. The number of primary amides is 1. The van der Waals surface area contributed by atoms with Crippen LogP contribution < -0.4 is 11.1 Å². The molecule has 0 bridgehead atoms. The molecule has 0 unspecified atom stereocenters. The summed E-state index contributed by atoms with van der Waals surface area (Å²) < 4.78 is 1.69. The van der Waals surface area contributed by atoms with Crippen LogP contribution in [0.25, 0.3) is 0 Å². The lowest BCUT2D eigenvalue weighted by atomic mass is 9.85. The first-order chi connectivity index (χ1) is 13.5. The number of rotatable bonds is 6. The number of benzene rings is 1. The zero-order chi connectivity index (χ0) is 20.1. The number of nitrogens with zero attached hydrogens (tertiary/aromatic N) is 4. The molecular formula is C20H24N6O2. The first-order valence-corrected chi connectivity index (χ1v) is 9.36. The number of likely N-dealkylation sites (tertiary alicyclic amines) is 1. The van der Waals surface area contributed by atoms with E-state index in [4.69, 9.17) is 5.73 Å². The van der Waals surface area contributed by atoms with Crippen molar-refractivity contribution in [2.24, 2.45) is 5.73 Å². The van der Waals surface area contributed by atoms with Crippen molar-refractivity contribution in [2.45, 2.75) is 38.1 Å². The minimum atomic E-state index is -0.588. The standard InChI is InChI=1S/C20H24N6O2/c1-2-17(27)25-12-9-20(8-11-21,10-13-25)26-14-16(18(22)28)19(24-26)23-15-6-4-3-5-7-15/h3-7,14H,2,8-10,12-13H2,1H3,(H2,22,28)(H,23,24). The Labute approximate surface area is 163 Å². The Morgan fingerprint density at radius 2 is 1.96 bits per heavy atom. The molecule has 1 aromatic carbocycles. The number of nitriles is 1. The molecule has 0 spiro atoms. The molecule has 1 aliphatic rings. The van der Waals surface area contributed by atoms with Gasteiger partial charge in [-0.05, 0) is 25.0 Å². The summed E-state index contributed by atoms with van der Waals surface area (Å²) in [5.41, 5.74) is 6.05. The third-order valence-electron chi connectivity index (χ3n) is 5.26. The number of nitrogens with two attached hydrogens (primary N) is 1. The van der Waals surface area contributed by atoms with Gasteiger partial charge in [0.1, 0.15) is 5.56 Å². The van der Waals surface area contributed by atoms with Gasteiger partial charge in [-0.2, -0.15) is 10.4 Å². The molecule has 146 valence electrons. The van der Waals surface area contributed by atoms with E-state index in [-0.39, 0.29) is 17.9 Å². The zero-order valence-electron chi connectivity index (χ0n) is 15.9. The summed E-state index contributed by atoms with van der Waals surface area (Å²) >= 11 is 0. The van der Waals surface area contributed by atoms with Gasteiger partial charge in [0.05, 0.1) is 18.0 Å². The van der Waals surface area contributed by atoms with Crippen LogP contribution in [-0.2, 0) is 10.3 Å². The molecule has 1 aliphatic heterocycles. The maximum Gasteiger partial charge on any atom is 0.254 e. The number of carbonyl (C=O) groups is 2. The zero-order valence-corrected chi connectivity index (χ0v) is 15.9. The molecule has 3 rings (SSSR count). The van der Waals surface area contributed by atoms with E-state index in [0.717, 1.165) is 5.69 Å². The molecule has 2 amide bonds. The van der Waals surface area contributed by atoms with Gasteiger partial charge in [0.25, 0.3) is 5.91 Å². The van der Waals surface area contributed by atoms with Gasteiger partial charge in [-0.1, -0.05) is 25.1 Å². The van der Waals surface area contributed by atoms with E-state index < -0.39 is 11.4 Å². The van der Waals surface area contributed by atoms with Crippen molar-refractivity contribution in [1.82, 2.24) is 14.7 Å². The quantitative estimate of drug-likeness (QED) is 0.798. The van der Waals surface area contributed by atoms with Gasteiger partial charge in [0, 0.05) is 31.4 Å².